The van der Waals surface area contributed by atoms with E-state index in [1.165, 1.54) is 14.2 Å². The van der Waals surface area contributed by atoms with Crippen LogP contribution in [0.15, 0.2) is 53.4 Å². The molecule has 0 spiro atoms. The van der Waals surface area contributed by atoms with E-state index in [1.807, 2.05) is 30.3 Å². The molecule has 0 saturated heterocycles. The minimum atomic E-state index is -3.97. The van der Waals surface area contributed by atoms with Crippen LogP contribution in [0.1, 0.15) is 11.1 Å². The minimum Gasteiger partial charge on any atom is -0.495 e. The minimum absolute atomic E-state index is 0.0376. The molecule has 152 valence electrons. The number of hydrogen-bond acceptors (Lipinski definition) is 5. The number of benzene rings is 2. The zero-order valence-electron chi connectivity index (χ0n) is 16.3. The lowest BCUT2D eigenvalue weighted by Crippen LogP contribution is -2.41. The van der Waals surface area contributed by atoms with Crippen LogP contribution in [0.25, 0.3) is 0 Å². The van der Waals surface area contributed by atoms with Gasteiger partial charge in [0.05, 0.1) is 20.3 Å². The average Bonchev–Trinajstić information content (AvgIpc) is 2.68. The first-order valence-electron chi connectivity index (χ1n) is 8.83. The Morgan fingerprint density at radius 2 is 1.82 bits per heavy atom. The van der Waals surface area contributed by atoms with Gasteiger partial charge >= 0.3 is 0 Å². The van der Waals surface area contributed by atoms with Gasteiger partial charge in [-0.2, -0.15) is 4.31 Å². The van der Waals surface area contributed by atoms with E-state index in [0.717, 1.165) is 15.4 Å². The molecule has 0 aliphatic rings. The number of nitrogens with zero attached hydrogens (tertiary/aromatic N) is 1. The summed E-state index contributed by atoms with van der Waals surface area (Å²) >= 11 is 0. The fourth-order valence-electron chi connectivity index (χ4n) is 2.65. The number of hydrogen-bond donors (Lipinski definition) is 1. The lowest BCUT2D eigenvalue weighted by Gasteiger charge is -2.23. The fourth-order valence-corrected chi connectivity index (χ4v) is 4.27. The Kier molecular flexibility index (Phi) is 7.98. The molecule has 0 atom stereocenters. The van der Waals surface area contributed by atoms with Crippen LogP contribution in [0.4, 0.5) is 0 Å². The zero-order valence-corrected chi connectivity index (χ0v) is 17.2. The highest BCUT2D eigenvalue weighted by Crippen LogP contribution is 2.28. The molecule has 0 aliphatic heterocycles. The van der Waals surface area contributed by atoms with Crippen LogP contribution in [0.3, 0.4) is 0 Å². The molecule has 0 unspecified atom stereocenters. The van der Waals surface area contributed by atoms with E-state index in [-0.39, 0.29) is 23.7 Å². The molecule has 0 aromatic heterocycles. The number of nitrogens with one attached hydrogen (secondary N) is 1. The van der Waals surface area contributed by atoms with Crippen LogP contribution in [-0.2, 0) is 26.1 Å². The number of sulfonamides is 1. The van der Waals surface area contributed by atoms with E-state index in [9.17, 15) is 13.2 Å². The second kappa shape index (κ2) is 10.2. The molecule has 2 aromatic rings. The van der Waals surface area contributed by atoms with Gasteiger partial charge in [-0.1, -0.05) is 36.4 Å². The predicted molar refractivity (Wildman–Crippen MR) is 107 cm³/mol. The maximum atomic E-state index is 13.4. The largest absolute Gasteiger partial charge is 0.495 e. The van der Waals surface area contributed by atoms with Crippen molar-refractivity contribution < 1.29 is 22.7 Å². The highest BCUT2D eigenvalue weighted by molar-refractivity contribution is 7.89. The number of methoxy groups -OCH3 is 2. The highest BCUT2D eigenvalue weighted by atomic mass is 32.2. The van der Waals surface area contributed by atoms with Crippen molar-refractivity contribution in [2.75, 3.05) is 33.9 Å². The molecule has 0 heterocycles. The molecular formula is C20H26N2O5S. The molecule has 1 amide bonds. The van der Waals surface area contributed by atoms with Gasteiger partial charge in [-0.3, -0.25) is 4.79 Å². The summed E-state index contributed by atoms with van der Waals surface area (Å²) in [7, 11) is -1.02. The molecular weight excluding hydrogens is 380 g/mol. The second-order valence-electron chi connectivity index (χ2n) is 6.26. The van der Waals surface area contributed by atoms with Crippen molar-refractivity contribution in [2.45, 2.75) is 18.4 Å². The Labute approximate surface area is 166 Å². The van der Waals surface area contributed by atoms with Crippen molar-refractivity contribution in [1.82, 2.24) is 9.62 Å². The average molecular weight is 407 g/mol. The first kappa shape index (κ1) is 21.9. The number of carbonyl (C=O) groups excluding carboxylic acids is 1. The standard InChI is InChI=1S/C20H26N2O5S/c1-16-9-10-18(27-3)19(13-16)28(24,25)22(14-17-7-5-4-6-8-17)15-20(23)21-11-12-26-2/h4-10,13H,11-12,14-15H2,1-3H3,(H,21,23). The van der Waals surface area contributed by atoms with Gasteiger partial charge in [0.15, 0.2) is 0 Å². The molecule has 0 aliphatic carbocycles. The summed E-state index contributed by atoms with van der Waals surface area (Å²) in [6, 6.07) is 14.1. The lowest BCUT2D eigenvalue weighted by atomic mass is 10.2. The second-order valence-corrected chi connectivity index (χ2v) is 8.16. The van der Waals surface area contributed by atoms with Crippen LogP contribution in [0.5, 0.6) is 5.75 Å². The van der Waals surface area contributed by atoms with Crippen LogP contribution >= 0.6 is 0 Å². The van der Waals surface area contributed by atoms with E-state index in [0.29, 0.717) is 13.2 Å². The van der Waals surface area contributed by atoms with E-state index in [2.05, 4.69) is 5.32 Å². The quantitative estimate of drug-likeness (QED) is 0.610. The maximum Gasteiger partial charge on any atom is 0.247 e. The van der Waals surface area contributed by atoms with E-state index in [4.69, 9.17) is 9.47 Å². The molecule has 8 heteroatoms. The van der Waals surface area contributed by atoms with E-state index >= 15 is 0 Å². The van der Waals surface area contributed by atoms with Crippen LogP contribution in [0, 0.1) is 6.92 Å². The van der Waals surface area contributed by atoms with Crippen LogP contribution in [0.2, 0.25) is 0 Å². The van der Waals surface area contributed by atoms with Crippen molar-refractivity contribution >= 4 is 15.9 Å². The molecule has 28 heavy (non-hydrogen) atoms. The molecule has 1 N–H and O–H groups in total. The van der Waals surface area contributed by atoms with Crippen molar-refractivity contribution in [2.24, 2.45) is 0 Å². The Morgan fingerprint density at radius 1 is 1.11 bits per heavy atom. The van der Waals surface area contributed by atoms with Gasteiger partial charge in [0.25, 0.3) is 0 Å². The first-order chi connectivity index (χ1) is 13.4. The van der Waals surface area contributed by atoms with Gasteiger partial charge < -0.3 is 14.8 Å². The predicted octanol–water partition coefficient (Wildman–Crippen LogP) is 1.96. The molecule has 0 fully saturated rings. The van der Waals surface area contributed by atoms with Gasteiger partial charge in [0.1, 0.15) is 10.6 Å². The van der Waals surface area contributed by atoms with Crippen LogP contribution < -0.4 is 10.1 Å². The molecule has 2 rings (SSSR count). The van der Waals surface area contributed by atoms with Gasteiger partial charge in [-0.15, -0.1) is 0 Å². The van der Waals surface area contributed by atoms with Crippen molar-refractivity contribution in [3.63, 3.8) is 0 Å². The molecule has 0 bridgehead atoms. The summed E-state index contributed by atoms with van der Waals surface area (Å²) in [4.78, 5) is 12.4. The summed E-state index contributed by atoms with van der Waals surface area (Å²) in [5, 5.41) is 2.66. The van der Waals surface area contributed by atoms with Gasteiger partial charge in [-0.25, -0.2) is 8.42 Å². The number of amides is 1. The SMILES string of the molecule is COCCNC(=O)CN(Cc1ccccc1)S(=O)(=O)c1cc(C)ccc1OC. The van der Waals surface area contributed by atoms with Crippen LogP contribution in [-0.4, -0.2) is 52.5 Å². The van der Waals surface area contributed by atoms with Crippen molar-refractivity contribution in [3.05, 3.63) is 59.7 Å². The molecule has 2 aromatic carbocycles. The monoisotopic (exact) mass is 406 g/mol. The summed E-state index contributed by atoms with van der Waals surface area (Å²) < 4.78 is 38.1. The lowest BCUT2D eigenvalue weighted by molar-refractivity contribution is -0.121. The third-order valence-corrected chi connectivity index (χ3v) is 5.90. The fraction of sp³-hybridized carbons (Fsp3) is 0.350. The topological polar surface area (TPSA) is 84.9 Å². The number of aryl methyl sites for hydroxylation is 1. The molecule has 0 radical (unpaired) electrons. The summed E-state index contributed by atoms with van der Waals surface area (Å²) in [5.74, 6) is -0.161. The van der Waals surface area contributed by atoms with E-state index in [1.54, 1.807) is 25.1 Å². The highest BCUT2D eigenvalue weighted by Gasteiger charge is 2.29. The Hall–Kier alpha value is -2.42. The third-order valence-electron chi connectivity index (χ3n) is 4.09. The first-order valence-corrected chi connectivity index (χ1v) is 10.3. The van der Waals surface area contributed by atoms with Gasteiger partial charge in [0.2, 0.25) is 15.9 Å². The number of carbonyl (C=O) groups is 1. The third kappa shape index (κ3) is 5.79. The molecule has 7 nitrogen and oxygen atoms in total. The Bertz CT molecular complexity index is 885. The number of ether oxygens (including phenoxy) is 2. The Balaban J connectivity index is 2.36. The normalized spacial score (nSPS) is 11.4. The Morgan fingerprint density at radius 3 is 2.46 bits per heavy atom. The van der Waals surface area contributed by atoms with Gasteiger partial charge in [0, 0.05) is 20.2 Å². The molecule has 0 saturated carbocycles. The van der Waals surface area contributed by atoms with E-state index < -0.39 is 15.9 Å². The summed E-state index contributed by atoms with van der Waals surface area (Å²) in [6.07, 6.45) is 0. The van der Waals surface area contributed by atoms with Crippen molar-refractivity contribution in [1.29, 1.82) is 0 Å². The summed E-state index contributed by atoms with van der Waals surface area (Å²) in [6.45, 7) is 2.22. The maximum absolute atomic E-state index is 13.4. The summed E-state index contributed by atoms with van der Waals surface area (Å²) in [5.41, 5.74) is 1.56. The van der Waals surface area contributed by atoms with Crippen molar-refractivity contribution in [3.8, 4) is 5.75 Å². The smallest absolute Gasteiger partial charge is 0.247 e. The van der Waals surface area contributed by atoms with Gasteiger partial charge in [-0.05, 0) is 30.2 Å². The zero-order chi connectivity index (χ0) is 20.6. The number of rotatable bonds is 10.